The highest BCUT2D eigenvalue weighted by Crippen LogP contribution is 2.46. The van der Waals surface area contributed by atoms with Crippen molar-refractivity contribution in [2.24, 2.45) is 5.41 Å². The Morgan fingerprint density at radius 1 is 1.24 bits per heavy atom. The van der Waals surface area contributed by atoms with Crippen LogP contribution in [0.25, 0.3) is 21.9 Å². The molecule has 5 heterocycles. The molecule has 3 aromatic rings. The minimum atomic E-state index is -0.349. The van der Waals surface area contributed by atoms with E-state index in [1.54, 1.807) is 6.20 Å². The molecular formula is C29H28ClN5O2. The summed E-state index contributed by atoms with van der Waals surface area (Å²) in [6, 6.07) is 8.46. The number of anilines is 1. The van der Waals surface area contributed by atoms with Gasteiger partial charge in [0, 0.05) is 72.3 Å². The van der Waals surface area contributed by atoms with Gasteiger partial charge in [-0.25, -0.2) is 4.98 Å². The molecule has 37 heavy (non-hydrogen) atoms. The molecule has 188 valence electrons. The van der Waals surface area contributed by atoms with Gasteiger partial charge in [0.2, 0.25) is 5.91 Å². The molecule has 2 fully saturated rings. The van der Waals surface area contributed by atoms with Gasteiger partial charge in [0.05, 0.1) is 22.9 Å². The SMILES string of the molecule is C=CC(=O)N1CC2(CCN(c3nc4c(c(-c5cccc6c(Cl)cncc56)c3C#N)COC(C)(C)C4)C2)C1. The van der Waals surface area contributed by atoms with E-state index in [0.717, 1.165) is 52.7 Å². The Bertz CT molecular complexity index is 1500. The number of rotatable bonds is 3. The van der Waals surface area contributed by atoms with Gasteiger partial charge in [0.25, 0.3) is 0 Å². The summed E-state index contributed by atoms with van der Waals surface area (Å²) in [5, 5.41) is 12.9. The Labute approximate surface area is 221 Å². The molecule has 1 spiro atoms. The number of carbonyl (C=O) groups is 1. The van der Waals surface area contributed by atoms with E-state index < -0.39 is 0 Å². The minimum Gasteiger partial charge on any atom is -0.370 e. The van der Waals surface area contributed by atoms with E-state index in [1.807, 2.05) is 29.3 Å². The lowest BCUT2D eigenvalue weighted by atomic mass is 9.79. The van der Waals surface area contributed by atoms with Crippen molar-refractivity contribution >= 4 is 34.1 Å². The van der Waals surface area contributed by atoms with E-state index in [0.29, 0.717) is 42.5 Å². The van der Waals surface area contributed by atoms with Gasteiger partial charge >= 0.3 is 0 Å². The zero-order valence-corrected chi connectivity index (χ0v) is 21.8. The summed E-state index contributed by atoms with van der Waals surface area (Å²) in [6.07, 6.45) is 6.43. The molecule has 1 aromatic carbocycles. The lowest BCUT2D eigenvalue weighted by Gasteiger charge is -2.47. The monoisotopic (exact) mass is 513 g/mol. The van der Waals surface area contributed by atoms with E-state index in [9.17, 15) is 10.1 Å². The number of pyridine rings is 2. The van der Waals surface area contributed by atoms with Crippen LogP contribution in [0.2, 0.25) is 5.02 Å². The molecule has 0 atom stereocenters. The van der Waals surface area contributed by atoms with E-state index in [2.05, 4.69) is 36.4 Å². The molecule has 0 aliphatic carbocycles. The lowest BCUT2D eigenvalue weighted by molar-refractivity contribution is -0.136. The zero-order chi connectivity index (χ0) is 25.9. The summed E-state index contributed by atoms with van der Waals surface area (Å²) in [4.78, 5) is 25.6. The number of carbonyl (C=O) groups excluding carboxylic acids is 1. The topological polar surface area (TPSA) is 82.4 Å². The van der Waals surface area contributed by atoms with Crippen LogP contribution >= 0.6 is 11.6 Å². The van der Waals surface area contributed by atoms with Crippen LogP contribution in [-0.2, 0) is 22.6 Å². The van der Waals surface area contributed by atoms with Gasteiger partial charge in [-0.3, -0.25) is 9.78 Å². The Morgan fingerprint density at radius 3 is 2.81 bits per heavy atom. The second kappa shape index (κ2) is 8.54. The number of amides is 1. The molecule has 2 saturated heterocycles. The van der Waals surface area contributed by atoms with Crippen LogP contribution in [-0.4, -0.2) is 52.6 Å². The summed E-state index contributed by atoms with van der Waals surface area (Å²) in [5.74, 6) is 0.688. The van der Waals surface area contributed by atoms with Crippen LogP contribution < -0.4 is 4.90 Å². The first-order valence-electron chi connectivity index (χ1n) is 12.5. The van der Waals surface area contributed by atoms with Gasteiger partial charge in [-0.05, 0) is 31.9 Å². The van der Waals surface area contributed by atoms with Gasteiger partial charge in [0.1, 0.15) is 17.5 Å². The van der Waals surface area contributed by atoms with Crippen LogP contribution in [0.3, 0.4) is 0 Å². The number of nitrogens with zero attached hydrogens (tertiary/aromatic N) is 5. The highest BCUT2D eigenvalue weighted by molar-refractivity contribution is 6.35. The number of ether oxygens (including phenoxy) is 1. The fourth-order valence-electron chi connectivity index (χ4n) is 6.11. The number of nitriles is 1. The largest absolute Gasteiger partial charge is 0.370 e. The average molecular weight is 514 g/mol. The molecule has 8 heteroatoms. The van der Waals surface area contributed by atoms with Crippen molar-refractivity contribution < 1.29 is 9.53 Å². The fraction of sp³-hybridized carbons (Fsp3) is 0.379. The first-order chi connectivity index (χ1) is 17.7. The normalized spacial score (nSPS) is 19.4. The highest BCUT2D eigenvalue weighted by Gasteiger charge is 2.49. The van der Waals surface area contributed by atoms with E-state index in [1.165, 1.54) is 6.08 Å². The first kappa shape index (κ1) is 23.9. The van der Waals surface area contributed by atoms with Crippen molar-refractivity contribution in [3.63, 3.8) is 0 Å². The molecule has 0 radical (unpaired) electrons. The van der Waals surface area contributed by atoms with Gasteiger partial charge in [-0.1, -0.05) is 36.4 Å². The fourth-order valence-corrected chi connectivity index (χ4v) is 6.33. The Kier molecular flexibility index (Phi) is 5.52. The Balaban J connectivity index is 1.50. The number of hydrogen-bond donors (Lipinski definition) is 0. The lowest BCUT2D eigenvalue weighted by Crippen LogP contribution is -2.59. The predicted molar refractivity (Wildman–Crippen MR) is 143 cm³/mol. The van der Waals surface area contributed by atoms with Crippen molar-refractivity contribution in [1.29, 1.82) is 5.26 Å². The first-order valence-corrected chi connectivity index (χ1v) is 12.9. The van der Waals surface area contributed by atoms with Crippen molar-refractivity contribution in [2.75, 3.05) is 31.1 Å². The van der Waals surface area contributed by atoms with Crippen LogP contribution in [0.5, 0.6) is 0 Å². The maximum atomic E-state index is 12.1. The van der Waals surface area contributed by atoms with Crippen molar-refractivity contribution in [3.05, 3.63) is 65.1 Å². The maximum Gasteiger partial charge on any atom is 0.245 e. The number of benzene rings is 1. The Hall–Kier alpha value is -3.47. The molecule has 0 bridgehead atoms. The number of halogens is 1. The molecule has 3 aliphatic heterocycles. The molecule has 0 N–H and O–H groups in total. The summed E-state index contributed by atoms with van der Waals surface area (Å²) in [7, 11) is 0. The van der Waals surface area contributed by atoms with Crippen molar-refractivity contribution in [3.8, 4) is 17.2 Å². The van der Waals surface area contributed by atoms with Crippen LogP contribution in [0.1, 0.15) is 37.1 Å². The number of fused-ring (bicyclic) bond motifs is 2. The van der Waals surface area contributed by atoms with E-state index in [4.69, 9.17) is 21.3 Å². The van der Waals surface area contributed by atoms with Crippen LogP contribution in [0.4, 0.5) is 5.82 Å². The smallest absolute Gasteiger partial charge is 0.245 e. The Morgan fingerprint density at radius 2 is 2.05 bits per heavy atom. The number of aromatic nitrogens is 2. The van der Waals surface area contributed by atoms with Gasteiger partial charge in [0.15, 0.2) is 0 Å². The van der Waals surface area contributed by atoms with Crippen molar-refractivity contribution in [1.82, 2.24) is 14.9 Å². The molecular weight excluding hydrogens is 486 g/mol. The van der Waals surface area contributed by atoms with Gasteiger partial charge in [-0.2, -0.15) is 5.26 Å². The van der Waals surface area contributed by atoms with E-state index >= 15 is 0 Å². The van der Waals surface area contributed by atoms with Gasteiger partial charge < -0.3 is 14.5 Å². The van der Waals surface area contributed by atoms with Crippen LogP contribution in [0.15, 0.2) is 43.2 Å². The van der Waals surface area contributed by atoms with Crippen LogP contribution in [0, 0.1) is 16.7 Å². The highest BCUT2D eigenvalue weighted by atomic mass is 35.5. The zero-order valence-electron chi connectivity index (χ0n) is 21.1. The van der Waals surface area contributed by atoms with E-state index in [-0.39, 0.29) is 16.9 Å². The third-order valence-corrected chi connectivity index (χ3v) is 8.28. The third kappa shape index (κ3) is 3.87. The molecule has 0 saturated carbocycles. The summed E-state index contributed by atoms with van der Waals surface area (Å²) in [5.41, 5.74) is 3.90. The molecule has 0 unspecified atom stereocenters. The second-order valence-corrected chi connectivity index (χ2v) is 11.4. The molecule has 6 rings (SSSR count). The molecule has 2 aromatic heterocycles. The summed E-state index contributed by atoms with van der Waals surface area (Å²) >= 11 is 6.50. The number of likely N-dealkylation sites (tertiary alicyclic amines) is 1. The molecule has 7 nitrogen and oxygen atoms in total. The van der Waals surface area contributed by atoms with Gasteiger partial charge in [-0.15, -0.1) is 0 Å². The number of hydrogen-bond acceptors (Lipinski definition) is 6. The molecule has 1 amide bonds. The average Bonchev–Trinajstić information content (AvgIpc) is 3.31. The molecule has 3 aliphatic rings. The third-order valence-electron chi connectivity index (χ3n) is 7.98. The maximum absolute atomic E-state index is 12.1. The minimum absolute atomic E-state index is 0.0264. The quantitative estimate of drug-likeness (QED) is 0.463. The standard InChI is InChI=1S/C29H28ClN5O2/c1-4-25(36)35-16-29(17-35)8-9-34(15-29)27-20(11-31)26(22-14-37-28(2,3)10-24(22)33-27)19-7-5-6-18-21(19)12-32-13-23(18)30/h4-7,12-13H,1,8-10,14-17H2,2-3H3. The second-order valence-electron chi connectivity index (χ2n) is 11.0. The predicted octanol–water partition coefficient (Wildman–Crippen LogP) is 4.90. The summed E-state index contributed by atoms with van der Waals surface area (Å²) < 4.78 is 6.21. The summed E-state index contributed by atoms with van der Waals surface area (Å²) in [6.45, 7) is 11.1. The van der Waals surface area contributed by atoms with Crippen molar-refractivity contribution in [2.45, 2.75) is 38.9 Å².